The van der Waals surface area contributed by atoms with E-state index in [0.717, 1.165) is 0 Å². The molecule has 0 heterocycles. The Morgan fingerprint density at radius 1 is 1.42 bits per heavy atom. The minimum Gasteiger partial charge on any atom is -0.0891 e. The highest BCUT2D eigenvalue weighted by molar-refractivity contribution is 6.34. The first kappa shape index (κ1) is 11.5. The van der Waals surface area contributed by atoms with Crippen LogP contribution in [0.1, 0.15) is 27.7 Å². The lowest BCUT2D eigenvalue weighted by Gasteiger charge is -2.11. The molecule has 0 aromatic heterocycles. The van der Waals surface area contributed by atoms with Gasteiger partial charge in [0.25, 0.3) is 0 Å². The topological polar surface area (TPSA) is 0 Å². The third kappa shape index (κ3) is 3.80. The maximum absolute atomic E-state index is 2.38. The third-order valence-electron chi connectivity index (χ3n) is 2.16. The fourth-order valence-electron chi connectivity index (χ4n) is 1.32. The molecule has 0 spiro atoms. The molecular weight excluding hydrogens is 143 g/mol. The Labute approximate surface area is 78.0 Å². The summed E-state index contributed by atoms with van der Waals surface area (Å²) in [5, 5.41) is 0. The standard InChI is InChI=1S/C11H21B/c1-6-10(4)11(9(2)3)7-8-12-5/h6-7,9,12H,8H2,1-5H3/b10-6-,11-7-. The van der Waals surface area contributed by atoms with Gasteiger partial charge in [0.1, 0.15) is 7.28 Å². The first-order valence-electron chi connectivity index (χ1n) is 4.96. The highest BCUT2D eigenvalue weighted by Crippen LogP contribution is 2.19. The molecule has 0 radical (unpaired) electrons. The third-order valence-corrected chi connectivity index (χ3v) is 2.16. The molecule has 0 aliphatic heterocycles. The molecule has 0 bridgehead atoms. The van der Waals surface area contributed by atoms with Gasteiger partial charge in [0.15, 0.2) is 0 Å². The highest BCUT2D eigenvalue weighted by Gasteiger charge is 2.03. The Morgan fingerprint density at radius 2 is 2.00 bits per heavy atom. The van der Waals surface area contributed by atoms with Crippen LogP contribution in [0.15, 0.2) is 23.3 Å². The molecule has 0 nitrogen and oxygen atoms in total. The van der Waals surface area contributed by atoms with Crippen LogP contribution in [-0.2, 0) is 0 Å². The van der Waals surface area contributed by atoms with Crippen LogP contribution >= 0.6 is 0 Å². The average molecular weight is 164 g/mol. The van der Waals surface area contributed by atoms with Crippen molar-refractivity contribution in [3.63, 3.8) is 0 Å². The van der Waals surface area contributed by atoms with Crippen molar-refractivity contribution in [2.75, 3.05) is 0 Å². The molecule has 0 unspecified atom stereocenters. The summed E-state index contributed by atoms with van der Waals surface area (Å²) in [7, 11) is 1.24. The van der Waals surface area contributed by atoms with Crippen LogP contribution in [0.25, 0.3) is 0 Å². The monoisotopic (exact) mass is 164 g/mol. The van der Waals surface area contributed by atoms with Gasteiger partial charge < -0.3 is 0 Å². The first-order valence-corrected chi connectivity index (χ1v) is 4.96. The lowest BCUT2D eigenvalue weighted by Crippen LogP contribution is -1.96. The molecule has 1 heteroatoms. The molecule has 0 aliphatic carbocycles. The van der Waals surface area contributed by atoms with E-state index in [1.165, 1.54) is 24.7 Å². The van der Waals surface area contributed by atoms with Crippen LogP contribution < -0.4 is 0 Å². The van der Waals surface area contributed by atoms with Gasteiger partial charge in [-0.25, -0.2) is 0 Å². The minimum atomic E-state index is 0.660. The van der Waals surface area contributed by atoms with Gasteiger partial charge in [0.05, 0.1) is 0 Å². The summed E-state index contributed by atoms with van der Waals surface area (Å²) in [4.78, 5) is 0. The van der Waals surface area contributed by atoms with Crippen molar-refractivity contribution < 1.29 is 0 Å². The van der Waals surface area contributed by atoms with Crippen molar-refractivity contribution >= 4 is 7.28 Å². The van der Waals surface area contributed by atoms with Crippen LogP contribution in [0.5, 0.6) is 0 Å². The van der Waals surface area contributed by atoms with Gasteiger partial charge in [-0.15, -0.1) is 0 Å². The summed E-state index contributed by atoms with van der Waals surface area (Å²) < 4.78 is 0. The van der Waals surface area contributed by atoms with E-state index in [0.29, 0.717) is 5.92 Å². The van der Waals surface area contributed by atoms with Crippen molar-refractivity contribution in [2.45, 2.75) is 40.8 Å². The average Bonchev–Trinajstić information content (AvgIpc) is 2.04. The highest BCUT2D eigenvalue weighted by atomic mass is 14.1. The van der Waals surface area contributed by atoms with E-state index in [1.54, 1.807) is 0 Å². The maximum atomic E-state index is 2.38. The van der Waals surface area contributed by atoms with Gasteiger partial charge in [-0.05, 0) is 25.3 Å². The Kier molecular flexibility index (Phi) is 5.87. The Bertz CT molecular complexity index is 175. The lowest BCUT2D eigenvalue weighted by atomic mass is 9.76. The molecule has 0 aromatic carbocycles. The summed E-state index contributed by atoms with van der Waals surface area (Å²) in [6.07, 6.45) is 5.78. The number of allylic oxidation sites excluding steroid dienone is 4. The zero-order valence-electron chi connectivity index (χ0n) is 9.15. The quantitative estimate of drug-likeness (QED) is 0.441. The smallest absolute Gasteiger partial charge is 0.0891 e. The molecule has 0 saturated carbocycles. The second kappa shape index (κ2) is 6.10. The molecule has 0 amide bonds. The second-order valence-corrected chi connectivity index (χ2v) is 3.57. The Balaban J connectivity index is 4.43. The fourth-order valence-corrected chi connectivity index (χ4v) is 1.32. The summed E-state index contributed by atoms with van der Waals surface area (Å²) in [5.41, 5.74) is 2.94. The molecule has 0 aliphatic rings. The van der Waals surface area contributed by atoms with E-state index >= 15 is 0 Å². The predicted molar refractivity (Wildman–Crippen MR) is 60.2 cm³/mol. The minimum absolute atomic E-state index is 0.660. The van der Waals surface area contributed by atoms with Gasteiger partial charge in [-0.1, -0.05) is 44.7 Å². The van der Waals surface area contributed by atoms with Gasteiger partial charge in [0.2, 0.25) is 0 Å². The van der Waals surface area contributed by atoms with Crippen LogP contribution in [0.2, 0.25) is 13.1 Å². The number of rotatable bonds is 4. The zero-order valence-corrected chi connectivity index (χ0v) is 9.15. The van der Waals surface area contributed by atoms with Crippen LogP contribution in [0.3, 0.4) is 0 Å². The van der Waals surface area contributed by atoms with Gasteiger partial charge in [0, 0.05) is 0 Å². The van der Waals surface area contributed by atoms with Crippen LogP contribution in [0, 0.1) is 5.92 Å². The van der Waals surface area contributed by atoms with Crippen molar-refractivity contribution in [3.8, 4) is 0 Å². The van der Waals surface area contributed by atoms with Gasteiger partial charge in [-0.3, -0.25) is 0 Å². The normalized spacial score (nSPS) is 13.8. The molecule has 0 N–H and O–H groups in total. The summed E-state index contributed by atoms with van der Waals surface area (Å²) >= 11 is 0. The van der Waals surface area contributed by atoms with E-state index in [2.05, 4.69) is 46.7 Å². The predicted octanol–water partition coefficient (Wildman–Crippen LogP) is 3.44. The zero-order chi connectivity index (χ0) is 9.56. The Hall–Kier alpha value is -0.455. The van der Waals surface area contributed by atoms with Crippen LogP contribution in [0.4, 0.5) is 0 Å². The maximum Gasteiger partial charge on any atom is 0.121 e. The van der Waals surface area contributed by atoms with E-state index in [4.69, 9.17) is 0 Å². The number of hydrogen-bond acceptors (Lipinski definition) is 0. The molecule has 0 aromatic rings. The number of hydrogen-bond donors (Lipinski definition) is 0. The van der Waals surface area contributed by atoms with Crippen molar-refractivity contribution in [1.82, 2.24) is 0 Å². The molecule has 0 fully saturated rings. The summed E-state index contributed by atoms with van der Waals surface area (Å²) in [5.74, 6) is 0.660. The molecule has 0 rings (SSSR count). The largest absolute Gasteiger partial charge is 0.121 e. The lowest BCUT2D eigenvalue weighted by molar-refractivity contribution is 0.775. The van der Waals surface area contributed by atoms with Gasteiger partial charge in [-0.2, -0.15) is 0 Å². The molecular formula is C11H21B. The van der Waals surface area contributed by atoms with E-state index in [-0.39, 0.29) is 0 Å². The summed E-state index contributed by atoms with van der Waals surface area (Å²) in [6, 6.07) is 0. The molecule has 0 atom stereocenters. The summed E-state index contributed by atoms with van der Waals surface area (Å²) in [6.45, 7) is 11.0. The van der Waals surface area contributed by atoms with Crippen LogP contribution in [-0.4, -0.2) is 7.28 Å². The van der Waals surface area contributed by atoms with Crippen molar-refractivity contribution in [3.05, 3.63) is 23.3 Å². The SMILES string of the molecule is CBC/C=C(\C(C)=C/C)C(C)C. The van der Waals surface area contributed by atoms with E-state index in [9.17, 15) is 0 Å². The fraction of sp³-hybridized carbons (Fsp3) is 0.636. The van der Waals surface area contributed by atoms with Gasteiger partial charge >= 0.3 is 0 Å². The molecule has 12 heavy (non-hydrogen) atoms. The van der Waals surface area contributed by atoms with E-state index < -0.39 is 0 Å². The van der Waals surface area contributed by atoms with Crippen molar-refractivity contribution in [2.24, 2.45) is 5.92 Å². The second-order valence-electron chi connectivity index (χ2n) is 3.57. The molecule has 0 saturated heterocycles. The first-order chi connectivity index (χ1) is 5.63. The Morgan fingerprint density at radius 3 is 2.33 bits per heavy atom. The van der Waals surface area contributed by atoms with E-state index in [1.807, 2.05) is 0 Å². The van der Waals surface area contributed by atoms with Crippen molar-refractivity contribution in [1.29, 1.82) is 0 Å². The molecule has 68 valence electrons.